The maximum atomic E-state index is 11.1. The number of aromatic hydroxyl groups is 2. The van der Waals surface area contributed by atoms with Crippen LogP contribution in [0.1, 0.15) is 0 Å². The Labute approximate surface area is 205 Å². The third kappa shape index (κ3) is 6.74. The minimum absolute atomic E-state index is 0. The summed E-state index contributed by atoms with van der Waals surface area (Å²) in [6.45, 7) is 0. The van der Waals surface area contributed by atoms with Gasteiger partial charge in [0.15, 0.2) is 0 Å². The van der Waals surface area contributed by atoms with Crippen molar-refractivity contribution in [2.75, 3.05) is 0 Å². The fourth-order valence-corrected chi connectivity index (χ4v) is 4.54. The molecule has 2 atom stereocenters. The van der Waals surface area contributed by atoms with Crippen LogP contribution in [0, 0.1) is 0 Å². The first kappa shape index (κ1) is 26.7. The van der Waals surface area contributed by atoms with E-state index < -0.39 is 16.1 Å². The van der Waals surface area contributed by atoms with Crippen LogP contribution in [0.3, 0.4) is 0 Å². The topological polar surface area (TPSA) is 121 Å². The molecule has 2 N–H and O–H groups in total. The molecule has 0 aliphatic heterocycles. The van der Waals surface area contributed by atoms with Gasteiger partial charge in [0, 0.05) is 37.8 Å². The van der Waals surface area contributed by atoms with Crippen molar-refractivity contribution in [2.45, 2.75) is 0 Å². The zero-order valence-electron chi connectivity index (χ0n) is 17.5. The van der Waals surface area contributed by atoms with Crippen LogP contribution in [0.15, 0.2) is 97.1 Å². The van der Waals surface area contributed by atoms with E-state index in [4.69, 9.17) is 0 Å². The molecule has 164 valence electrons. The van der Waals surface area contributed by atoms with Gasteiger partial charge in [-0.2, -0.15) is 0 Å². The number of para-hydroxylation sites is 2. The Balaban J connectivity index is 0.000000227. The minimum atomic E-state index is -3.02. The quantitative estimate of drug-likeness (QED) is 0.308. The number of phenolic OH excluding ortho intramolecular Hbond substituents is 2. The molecule has 0 fully saturated rings. The van der Waals surface area contributed by atoms with Crippen molar-refractivity contribution in [1.82, 2.24) is 0 Å². The van der Waals surface area contributed by atoms with Gasteiger partial charge in [-0.1, -0.05) is 84.9 Å². The molecule has 4 rings (SSSR count). The molecular formula is C24H20O6P2Zn. The van der Waals surface area contributed by atoms with Crippen molar-refractivity contribution in [3.8, 4) is 33.8 Å². The average molecular weight is 532 g/mol. The predicted octanol–water partition coefficient (Wildman–Crippen LogP) is 3.04. The van der Waals surface area contributed by atoms with E-state index >= 15 is 0 Å². The third-order valence-corrected chi connectivity index (χ3v) is 6.43. The smallest absolute Gasteiger partial charge is 0.798 e. The summed E-state index contributed by atoms with van der Waals surface area (Å²) in [5.41, 5.74) is 2.15. The first-order valence-corrected chi connectivity index (χ1v) is 12.2. The Morgan fingerprint density at radius 1 is 0.485 bits per heavy atom. The molecule has 0 heterocycles. The van der Waals surface area contributed by atoms with Gasteiger partial charge in [-0.05, 0) is 23.3 Å². The Morgan fingerprint density at radius 3 is 1.06 bits per heavy atom. The molecule has 0 saturated carbocycles. The van der Waals surface area contributed by atoms with Gasteiger partial charge in [0.25, 0.3) is 0 Å². The third-order valence-electron chi connectivity index (χ3n) is 4.68. The van der Waals surface area contributed by atoms with Gasteiger partial charge in [-0.3, -0.25) is 0 Å². The van der Waals surface area contributed by atoms with Crippen molar-refractivity contribution >= 4 is 26.7 Å². The summed E-state index contributed by atoms with van der Waals surface area (Å²) in [5.74, 6) is 0.163. The van der Waals surface area contributed by atoms with E-state index in [1.165, 1.54) is 24.3 Å². The maximum absolute atomic E-state index is 11.1. The van der Waals surface area contributed by atoms with Crippen molar-refractivity contribution in [3.63, 3.8) is 0 Å². The predicted molar refractivity (Wildman–Crippen MR) is 124 cm³/mol. The zero-order valence-corrected chi connectivity index (χ0v) is 22.4. The SMILES string of the molecule is O=[PH]([O-])c1ccccc1-c1ccccc1O.O=[PH]([O-])c1ccccc1-c1ccccc1O.[Zn+2]. The normalized spacial score (nSPS) is 11.9. The molecule has 2 unspecified atom stereocenters. The molecule has 4 aromatic carbocycles. The summed E-state index contributed by atoms with van der Waals surface area (Å²) in [6.07, 6.45) is 0. The van der Waals surface area contributed by atoms with E-state index in [1.807, 2.05) is 0 Å². The number of hydrogen-bond donors (Lipinski definition) is 2. The molecule has 0 amide bonds. The summed E-state index contributed by atoms with van der Waals surface area (Å²) < 4.78 is 22.2. The number of benzene rings is 4. The number of hydrogen-bond acceptors (Lipinski definition) is 6. The zero-order chi connectivity index (χ0) is 23.1. The molecule has 33 heavy (non-hydrogen) atoms. The molecule has 0 spiro atoms. The molecule has 0 aliphatic rings. The van der Waals surface area contributed by atoms with E-state index in [0.29, 0.717) is 22.3 Å². The molecule has 6 nitrogen and oxygen atoms in total. The second-order valence-corrected chi connectivity index (χ2v) is 8.93. The molecule has 4 aromatic rings. The second-order valence-electron chi connectivity index (χ2n) is 6.70. The molecule has 0 radical (unpaired) electrons. The summed E-state index contributed by atoms with van der Waals surface area (Å²) in [7, 11) is -6.03. The minimum Gasteiger partial charge on any atom is -0.798 e. The van der Waals surface area contributed by atoms with Crippen LogP contribution in [0.25, 0.3) is 22.3 Å². The standard InChI is InChI=1S/2C12H11O3P.Zn/c2*13-11-7-3-1-5-9(11)10-6-2-4-8-12(10)16(14)15;/h2*1-8,13,16H,(H,14,15);/q;;+2/p-2. The fraction of sp³-hybridized carbons (Fsp3) is 0. The van der Waals surface area contributed by atoms with E-state index in [-0.39, 0.29) is 41.6 Å². The number of rotatable bonds is 4. The molecule has 0 saturated heterocycles. The summed E-state index contributed by atoms with van der Waals surface area (Å²) in [4.78, 5) is 22.2. The fourth-order valence-electron chi connectivity index (χ4n) is 3.19. The first-order valence-electron chi connectivity index (χ1n) is 9.57. The van der Waals surface area contributed by atoms with Crippen LogP contribution in [0.4, 0.5) is 0 Å². The van der Waals surface area contributed by atoms with Crippen molar-refractivity contribution in [3.05, 3.63) is 97.1 Å². The van der Waals surface area contributed by atoms with Crippen molar-refractivity contribution in [1.29, 1.82) is 0 Å². The Bertz CT molecular complexity index is 1180. The summed E-state index contributed by atoms with van der Waals surface area (Å²) in [5, 5.41) is 19.9. The Hall–Kier alpha value is -2.52. The van der Waals surface area contributed by atoms with Gasteiger partial charge >= 0.3 is 19.5 Å². The van der Waals surface area contributed by atoms with E-state index in [9.17, 15) is 29.1 Å². The second kappa shape index (κ2) is 12.7. The molecule has 0 aliphatic carbocycles. The van der Waals surface area contributed by atoms with Crippen LogP contribution < -0.4 is 20.4 Å². The molecule has 0 bridgehead atoms. The number of phenols is 2. The van der Waals surface area contributed by atoms with Gasteiger partial charge < -0.3 is 29.1 Å². The monoisotopic (exact) mass is 530 g/mol. The van der Waals surface area contributed by atoms with Crippen LogP contribution >= 0.6 is 16.1 Å². The van der Waals surface area contributed by atoms with Crippen LogP contribution in [0.2, 0.25) is 0 Å². The average Bonchev–Trinajstić information content (AvgIpc) is 2.80. The van der Waals surface area contributed by atoms with E-state index in [1.54, 1.807) is 72.8 Å². The largest absolute Gasteiger partial charge is 2.00 e. The summed E-state index contributed by atoms with van der Waals surface area (Å²) in [6, 6.07) is 26.6. The van der Waals surface area contributed by atoms with E-state index in [0.717, 1.165) is 0 Å². The van der Waals surface area contributed by atoms with Gasteiger partial charge in [0.2, 0.25) is 0 Å². The van der Waals surface area contributed by atoms with Crippen molar-refractivity contribution < 1.29 is 48.6 Å². The van der Waals surface area contributed by atoms with Gasteiger partial charge in [0.05, 0.1) is 0 Å². The van der Waals surface area contributed by atoms with Gasteiger partial charge in [-0.25, -0.2) is 0 Å². The van der Waals surface area contributed by atoms with Crippen LogP contribution in [-0.2, 0) is 28.6 Å². The van der Waals surface area contributed by atoms with Crippen LogP contribution in [0.5, 0.6) is 11.5 Å². The van der Waals surface area contributed by atoms with Gasteiger partial charge in [-0.15, -0.1) is 0 Å². The molecule has 9 heteroatoms. The maximum Gasteiger partial charge on any atom is 2.00 e. The Kier molecular flexibility index (Phi) is 10.2. The molecular weight excluding hydrogens is 512 g/mol. The first-order chi connectivity index (χ1) is 15.4. The van der Waals surface area contributed by atoms with Crippen molar-refractivity contribution in [2.24, 2.45) is 0 Å². The van der Waals surface area contributed by atoms with Crippen LogP contribution in [-0.4, -0.2) is 10.2 Å². The Morgan fingerprint density at radius 2 is 0.758 bits per heavy atom. The van der Waals surface area contributed by atoms with E-state index in [2.05, 4.69) is 0 Å². The molecule has 0 aromatic heterocycles. The van der Waals surface area contributed by atoms with Gasteiger partial charge in [0.1, 0.15) is 11.5 Å². The summed E-state index contributed by atoms with van der Waals surface area (Å²) >= 11 is 0.